The van der Waals surface area contributed by atoms with Crippen LogP contribution < -0.4 is 5.32 Å². The van der Waals surface area contributed by atoms with Crippen molar-refractivity contribution in [1.29, 1.82) is 0 Å². The van der Waals surface area contributed by atoms with Gasteiger partial charge in [0.2, 0.25) is 5.91 Å². The van der Waals surface area contributed by atoms with E-state index in [1.54, 1.807) is 0 Å². The largest absolute Gasteiger partial charge is 0.341 e. The topological polar surface area (TPSA) is 32.3 Å². The molecule has 0 bridgehead atoms. The highest BCUT2D eigenvalue weighted by Gasteiger charge is 2.45. The van der Waals surface area contributed by atoms with Gasteiger partial charge in [-0.2, -0.15) is 0 Å². The molecule has 1 saturated carbocycles. The molecular formula is C16H22N2O. The molecule has 3 unspecified atom stereocenters. The number of piperidine rings is 1. The Kier molecular flexibility index (Phi) is 3.56. The van der Waals surface area contributed by atoms with Crippen molar-refractivity contribution in [3.05, 3.63) is 35.9 Å². The van der Waals surface area contributed by atoms with Crippen LogP contribution in [0.25, 0.3) is 0 Å². The molecule has 1 heterocycles. The summed E-state index contributed by atoms with van der Waals surface area (Å²) in [7, 11) is 1.97. The molecule has 19 heavy (non-hydrogen) atoms. The highest BCUT2D eigenvalue weighted by atomic mass is 16.2. The number of hydrogen-bond acceptors (Lipinski definition) is 2. The monoisotopic (exact) mass is 258 g/mol. The maximum absolute atomic E-state index is 12.5. The lowest BCUT2D eigenvalue weighted by atomic mass is 10.0. The Hall–Kier alpha value is -1.35. The van der Waals surface area contributed by atoms with E-state index in [1.807, 2.05) is 18.0 Å². The van der Waals surface area contributed by atoms with Crippen LogP contribution in [0.5, 0.6) is 0 Å². The summed E-state index contributed by atoms with van der Waals surface area (Å²) in [6.45, 7) is 2.04. The number of amides is 1. The molecule has 1 aromatic rings. The number of nitrogens with zero attached hydrogens (tertiary/aromatic N) is 1. The first kappa shape index (κ1) is 12.7. The van der Waals surface area contributed by atoms with Gasteiger partial charge in [0.25, 0.3) is 0 Å². The molecule has 0 spiro atoms. The lowest BCUT2D eigenvalue weighted by molar-refractivity contribution is -0.133. The summed E-state index contributed by atoms with van der Waals surface area (Å²) in [4.78, 5) is 14.5. The van der Waals surface area contributed by atoms with E-state index in [0.717, 1.165) is 25.9 Å². The highest BCUT2D eigenvalue weighted by Crippen LogP contribution is 2.48. The number of rotatable bonds is 3. The van der Waals surface area contributed by atoms with E-state index < -0.39 is 0 Å². The first-order valence-corrected chi connectivity index (χ1v) is 7.29. The third-order valence-corrected chi connectivity index (χ3v) is 4.50. The van der Waals surface area contributed by atoms with Crippen molar-refractivity contribution in [3.8, 4) is 0 Å². The molecule has 3 heteroatoms. The SMILES string of the molecule is CN(C(=O)C1CC1c1ccccc1)C1CCCNC1. The average Bonchev–Trinajstić information content (AvgIpc) is 3.28. The number of hydrogen-bond donors (Lipinski definition) is 1. The summed E-state index contributed by atoms with van der Waals surface area (Å²) in [6, 6.07) is 10.8. The molecule has 1 aliphatic carbocycles. The van der Waals surface area contributed by atoms with Crippen LogP contribution in [0.4, 0.5) is 0 Å². The highest BCUT2D eigenvalue weighted by molar-refractivity contribution is 5.83. The Balaban J connectivity index is 1.60. The van der Waals surface area contributed by atoms with E-state index >= 15 is 0 Å². The molecule has 3 nitrogen and oxygen atoms in total. The number of likely N-dealkylation sites (N-methyl/N-ethyl adjacent to an activating group) is 1. The third kappa shape index (κ3) is 2.66. The van der Waals surface area contributed by atoms with Gasteiger partial charge in [-0.15, -0.1) is 0 Å². The summed E-state index contributed by atoms with van der Waals surface area (Å²) in [5, 5.41) is 3.38. The van der Waals surface area contributed by atoms with Crippen LogP contribution in [0.15, 0.2) is 30.3 Å². The average molecular weight is 258 g/mol. The molecule has 102 valence electrons. The van der Waals surface area contributed by atoms with Crippen molar-refractivity contribution < 1.29 is 4.79 Å². The molecule has 0 radical (unpaired) electrons. The second kappa shape index (κ2) is 5.33. The third-order valence-electron chi connectivity index (χ3n) is 4.50. The standard InChI is InChI=1S/C16H22N2O/c1-18(13-8-5-9-17-11-13)16(19)15-10-14(15)12-6-3-2-4-7-12/h2-4,6-7,13-15,17H,5,8-11H2,1H3. The van der Waals surface area contributed by atoms with Gasteiger partial charge in [-0.3, -0.25) is 4.79 Å². The zero-order valence-corrected chi connectivity index (χ0v) is 11.5. The van der Waals surface area contributed by atoms with Gasteiger partial charge >= 0.3 is 0 Å². The minimum atomic E-state index is 0.217. The summed E-state index contributed by atoms with van der Waals surface area (Å²) in [5.41, 5.74) is 1.32. The Morgan fingerprint density at radius 1 is 1.32 bits per heavy atom. The molecule has 2 aliphatic rings. The number of carbonyl (C=O) groups excluding carboxylic acids is 1. The van der Waals surface area contributed by atoms with Gasteiger partial charge in [0.1, 0.15) is 0 Å². The van der Waals surface area contributed by atoms with Crippen LogP contribution in [0.2, 0.25) is 0 Å². The van der Waals surface area contributed by atoms with Crippen LogP contribution in [-0.2, 0) is 4.79 Å². The van der Waals surface area contributed by atoms with E-state index in [4.69, 9.17) is 0 Å². The lowest BCUT2D eigenvalue weighted by Crippen LogP contribution is -2.47. The van der Waals surface area contributed by atoms with Crippen LogP contribution in [-0.4, -0.2) is 37.0 Å². The van der Waals surface area contributed by atoms with Crippen molar-refractivity contribution in [3.63, 3.8) is 0 Å². The normalized spacial score (nSPS) is 29.8. The summed E-state index contributed by atoms with van der Waals surface area (Å²) in [5.74, 6) is 1.00. The van der Waals surface area contributed by atoms with Crippen LogP contribution >= 0.6 is 0 Å². The summed E-state index contributed by atoms with van der Waals surface area (Å²) >= 11 is 0. The maximum Gasteiger partial charge on any atom is 0.226 e. The van der Waals surface area contributed by atoms with Crippen molar-refractivity contribution in [1.82, 2.24) is 10.2 Å². The van der Waals surface area contributed by atoms with Crippen LogP contribution in [0.1, 0.15) is 30.7 Å². The van der Waals surface area contributed by atoms with Crippen LogP contribution in [0, 0.1) is 5.92 Å². The zero-order valence-electron chi connectivity index (χ0n) is 11.5. The number of nitrogens with one attached hydrogen (secondary N) is 1. The summed E-state index contributed by atoms with van der Waals surface area (Å²) in [6.07, 6.45) is 3.33. The van der Waals surface area contributed by atoms with E-state index in [-0.39, 0.29) is 5.92 Å². The van der Waals surface area contributed by atoms with E-state index in [2.05, 4.69) is 29.6 Å². The lowest BCUT2D eigenvalue weighted by Gasteiger charge is -2.32. The van der Waals surface area contributed by atoms with Crippen molar-refractivity contribution in [2.75, 3.05) is 20.1 Å². The van der Waals surface area contributed by atoms with Gasteiger partial charge in [-0.05, 0) is 37.3 Å². The Labute approximate surface area is 115 Å². The summed E-state index contributed by atoms with van der Waals surface area (Å²) < 4.78 is 0. The Bertz CT molecular complexity index is 439. The van der Waals surface area contributed by atoms with Gasteiger partial charge in [-0.25, -0.2) is 0 Å². The second-order valence-corrected chi connectivity index (χ2v) is 5.81. The van der Waals surface area contributed by atoms with Gasteiger partial charge in [0.05, 0.1) is 0 Å². The van der Waals surface area contributed by atoms with E-state index in [9.17, 15) is 4.79 Å². The first-order chi connectivity index (χ1) is 9.27. The minimum absolute atomic E-state index is 0.217. The quantitative estimate of drug-likeness (QED) is 0.899. The molecule has 3 atom stereocenters. The first-order valence-electron chi connectivity index (χ1n) is 7.29. The van der Waals surface area contributed by atoms with Gasteiger partial charge in [-0.1, -0.05) is 30.3 Å². The predicted molar refractivity (Wildman–Crippen MR) is 76.0 cm³/mol. The number of benzene rings is 1. The predicted octanol–water partition coefficient (Wildman–Crippen LogP) is 2.00. The van der Waals surface area contributed by atoms with Crippen molar-refractivity contribution in [2.24, 2.45) is 5.92 Å². The Morgan fingerprint density at radius 3 is 2.79 bits per heavy atom. The molecular weight excluding hydrogens is 236 g/mol. The smallest absolute Gasteiger partial charge is 0.226 e. The molecule has 1 aliphatic heterocycles. The van der Waals surface area contributed by atoms with Gasteiger partial charge in [0, 0.05) is 25.6 Å². The minimum Gasteiger partial charge on any atom is -0.341 e. The molecule has 3 rings (SSSR count). The fourth-order valence-electron chi connectivity index (χ4n) is 3.14. The fourth-order valence-corrected chi connectivity index (χ4v) is 3.14. The van der Waals surface area contributed by atoms with Crippen LogP contribution in [0.3, 0.4) is 0 Å². The zero-order chi connectivity index (χ0) is 13.2. The molecule has 1 N–H and O–H groups in total. The Morgan fingerprint density at radius 2 is 2.11 bits per heavy atom. The maximum atomic E-state index is 12.5. The molecule has 1 aromatic carbocycles. The molecule has 0 aromatic heterocycles. The van der Waals surface area contributed by atoms with E-state index in [0.29, 0.717) is 17.9 Å². The van der Waals surface area contributed by atoms with Crippen molar-refractivity contribution >= 4 is 5.91 Å². The fraction of sp³-hybridized carbons (Fsp3) is 0.562. The van der Waals surface area contributed by atoms with Crippen molar-refractivity contribution in [2.45, 2.75) is 31.2 Å². The van der Waals surface area contributed by atoms with E-state index in [1.165, 1.54) is 12.0 Å². The second-order valence-electron chi connectivity index (χ2n) is 5.81. The van der Waals surface area contributed by atoms with Gasteiger partial charge < -0.3 is 10.2 Å². The molecule has 1 amide bonds. The molecule has 1 saturated heterocycles. The number of carbonyl (C=O) groups is 1. The van der Waals surface area contributed by atoms with Gasteiger partial charge in [0.15, 0.2) is 0 Å². The molecule has 2 fully saturated rings.